The van der Waals surface area contributed by atoms with Crippen LogP contribution in [0.1, 0.15) is 29.5 Å². The molecule has 0 saturated carbocycles. The van der Waals surface area contributed by atoms with Crippen molar-refractivity contribution >= 4 is 5.96 Å². The minimum absolute atomic E-state index is 0.288. The second-order valence-corrected chi connectivity index (χ2v) is 7.10. The van der Waals surface area contributed by atoms with Crippen molar-refractivity contribution < 1.29 is 9.50 Å². The van der Waals surface area contributed by atoms with Crippen molar-refractivity contribution in [3.05, 3.63) is 71.0 Å². The highest BCUT2D eigenvalue weighted by atomic mass is 19.1. The van der Waals surface area contributed by atoms with Gasteiger partial charge >= 0.3 is 0 Å². The maximum Gasteiger partial charge on any atom is 0.193 e. The molecule has 1 aliphatic rings. The van der Waals surface area contributed by atoms with Gasteiger partial charge in [0.2, 0.25) is 0 Å². The number of hydrogen-bond donors (Lipinski definition) is 2. The topological polar surface area (TPSA) is 47.9 Å². The number of hydrogen-bond acceptors (Lipinski definition) is 2. The lowest BCUT2D eigenvalue weighted by molar-refractivity contribution is 0.259. The number of nitrogens with zero attached hydrogens (tertiary/aromatic N) is 2. The van der Waals surface area contributed by atoms with Crippen molar-refractivity contribution in [3.8, 4) is 0 Å². The van der Waals surface area contributed by atoms with E-state index in [2.05, 4.69) is 45.5 Å². The summed E-state index contributed by atoms with van der Waals surface area (Å²) < 4.78 is 13.5. The number of benzene rings is 2. The largest absolute Gasteiger partial charge is 0.392 e. The van der Waals surface area contributed by atoms with Crippen LogP contribution in [-0.4, -0.2) is 36.1 Å². The zero-order chi connectivity index (χ0) is 19.1. The lowest BCUT2D eigenvalue weighted by atomic mass is 9.90. The Labute approximate surface area is 160 Å². The number of aliphatic hydroxyl groups excluding tert-OH is 1. The molecule has 0 aromatic heterocycles. The molecule has 0 amide bonds. The van der Waals surface area contributed by atoms with E-state index in [1.165, 1.54) is 11.6 Å². The van der Waals surface area contributed by atoms with E-state index in [0.717, 1.165) is 43.9 Å². The zero-order valence-corrected chi connectivity index (χ0v) is 15.9. The van der Waals surface area contributed by atoms with Crippen LogP contribution in [0.2, 0.25) is 0 Å². The molecule has 0 bridgehead atoms. The fourth-order valence-electron chi connectivity index (χ4n) is 3.67. The van der Waals surface area contributed by atoms with E-state index in [1.54, 1.807) is 19.2 Å². The van der Waals surface area contributed by atoms with E-state index >= 15 is 0 Å². The first-order valence-electron chi connectivity index (χ1n) is 9.57. The van der Waals surface area contributed by atoms with Gasteiger partial charge in [0, 0.05) is 32.2 Å². The van der Waals surface area contributed by atoms with Gasteiger partial charge < -0.3 is 15.3 Å². The molecule has 27 heavy (non-hydrogen) atoms. The minimum Gasteiger partial charge on any atom is -0.392 e. The molecule has 3 rings (SSSR count). The fourth-order valence-corrected chi connectivity index (χ4v) is 3.67. The van der Waals surface area contributed by atoms with Crippen molar-refractivity contribution in [2.75, 3.05) is 20.1 Å². The molecule has 1 fully saturated rings. The molecule has 0 unspecified atom stereocenters. The SMILES string of the molecule is CN=C(NCc1ccc(F)c(CO)c1)N1CCC(Cc2ccccc2)CC1. The molecule has 5 heteroatoms. The van der Waals surface area contributed by atoms with E-state index in [-0.39, 0.29) is 12.4 Å². The smallest absolute Gasteiger partial charge is 0.193 e. The fraction of sp³-hybridized carbons (Fsp3) is 0.409. The summed E-state index contributed by atoms with van der Waals surface area (Å²) in [6, 6.07) is 15.5. The monoisotopic (exact) mass is 369 g/mol. The first kappa shape index (κ1) is 19.4. The van der Waals surface area contributed by atoms with Crippen LogP contribution in [0.5, 0.6) is 0 Å². The Hall–Kier alpha value is -2.40. The zero-order valence-electron chi connectivity index (χ0n) is 15.9. The molecular formula is C22H28FN3O. The molecule has 144 valence electrons. The Morgan fingerprint density at radius 2 is 1.89 bits per heavy atom. The maximum absolute atomic E-state index is 13.5. The molecule has 2 aromatic rings. The summed E-state index contributed by atoms with van der Waals surface area (Å²) in [5, 5.41) is 12.6. The van der Waals surface area contributed by atoms with Crippen molar-refractivity contribution in [1.82, 2.24) is 10.2 Å². The average molecular weight is 369 g/mol. The molecule has 0 spiro atoms. The summed E-state index contributed by atoms with van der Waals surface area (Å²) in [6.45, 7) is 2.25. The first-order chi connectivity index (χ1) is 13.2. The van der Waals surface area contributed by atoms with Gasteiger partial charge in [-0.2, -0.15) is 0 Å². The molecular weight excluding hydrogens is 341 g/mol. The van der Waals surface area contributed by atoms with Gasteiger partial charge in [-0.05, 0) is 48.4 Å². The number of piperidine rings is 1. The molecule has 2 N–H and O–H groups in total. The number of likely N-dealkylation sites (tertiary alicyclic amines) is 1. The molecule has 2 aromatic carbocycles. The van der Waals surface area contributed by atoms with Crippen LogP contribution in [-0.2, 0) is 19.6 Å². The predicted molar refractivity (Wildman–Crippen MR) is 107 cm³/mol. The molecule has 0 radical (unpaired) electrons. The highest BCUT2D eigenvalue weighted by molar-refractivity contribution is 5.79. The second kappa shape index (κ2) is 9.51. The maximum atomic E-state index is 13.5. The third-order valence-corrected chi connectivity index (χ3v) is 5.22. The Kier molecular flexibility index (Phi) is 6.82. The molecule has 1 heterocycles. The van der Waals surface area contributed by atoms with Crippen LogP contribution >= 0.6 is 0 Å². The number of guanidine groups is 1. The van der Waals surface area contributed by atoms with Gasteiger partial charge in [0.05, 0.1) is 6.61 Å². The van der Waals surface area contributed by atoms with E-state index in [9.17, 15) is 9.50 Å². The predicted octanol–water partition coefficient (Wildman–Crippen LogP) is 3.35. The van der Waals surface area contributed by atoms with E-state index in [0.29, 0.717) is 18.0 Å². The van der Waals surface area contributed by atoms with E-state index in [4.69, 9.17) is 0 Å². The van der Waals surface area contributed by atoms with E-state index in [1.807, 2.05) is 0 Å². The highest BCUT2D eigenvalue weighted by Crippen LogP contribution is 2.21. The van der Waals surface area contributed by atoms with Crippen LogP contribution in [0, 0.1) is 11.7 Å². The highest BCUT2D eigenvalue weighted by Gasteiger charge is 2.21. The first-order valence-corrected chi connectivity index (χ1v) is 9.57. The van der Waals surface area contributed by atoms with Crippen molar-refractivity contribution in [2.24, 2.45) is 10.9 Å². The van der Waals surface area contributed by atoms with Gasteiger partial charge in [0.1, 0.15) is 5.82 Å². The van der Waals surface area contributed by atoms with Crippen molar-refractivity contribution in [1.29, 1.82) is 0 Å². The summed E-state index contributed by atoms with van der Waals surface area (Å²) >= 11 is 0. The summed E-state index contributed by atoms with van der Waals surface area (Å²) in [4.78, 5) is 6.69. The minimum atomic E-state index is -0.369. The third kappa shape index (κ3) is 5.30. The van der Waals surface area contributed by atoms with Gasteiger partial charge in [-0.25, -0.2) is 4.39 Å². The lowest BCUT2D eigenvalue weighted by Crippen LogP contribution is -2.45. The van der Waals surface area contributed by atoms with Crippen LogP contribution in [0.25, 0.3) is 0 Å². The number of aliphatic hydroxyl groups is 1. The third-order valence-electron chi connectivity index (χ3n) is 5.22. The Balaban J connectivity index is 1.50. The van der Waals surface area contributed by atoms with Gasteiger partial charge in [-0.3, -0.25) is 4.99 Å². The molecule has 4 nitrogen and oxygen atoms in total. The number of halogens is 1. The van der Waals surface area contributed by atoms with Crippen LogP contribution in [0.15, 0.2) is 53.5 Å². The molecule has 0 atom stereocenters. The van der Waals surface area contributed by atoms with Crippen LogP contribution in [0.3, 0.4) is 0 Å². The van der Waals surface area contributed by atoms with Crippen LogP contribution < -0.4 is 5.32 Å². The van der Waals surface area contributed by atoms with Gasteiger partial charge in [0.15, 0.2) is 5.96 Å². The van der Waals surface area contributed by atoms with Gasteiger partial charge in [-0.15, -0.1) is 0 Å². The summed E-state index contributed by atoms with van der Waals surface area (Å²) in [5.41, 5.74) is 2.67. The normalized spacial score (nSPS) is 15.8. The van der Waals surface area contributed by atoms with Gasteiger partial charge in [0.25, 0.3) is 0 Å². The van der Waals surface area contributed by atoms with Crippen LogP contribution in [0.4, 0.5) is 4.39 Å². The number of rotatable bonds is 5. The number of aliphatic imine (C=N–C) groups is 1. The van der Waals surface area contributed by atoms with Crippen molar-refractivity contribution in [3.63, 3.8) is 0 Å². The standard InChI is InChI=1S/C22H28FN3O/c1-24-22(25-15-19-7-8-21(23)20(14-19)16-27)26-11-9-18(10-12-26)13-17-5-3-2-4-6-17/h2-8,14,18,27H,9-13,15-16H2,1H3,(H,24,25). The molecule has 1 aliphatic heterocycles. The average Bonchev–Trinajstić information content (AvgIpc) is 2.71. The second-order valence-electron chi connectivity index (χ2n) is 7.10. The van der Waals surface area contributed by atoms with Gasteiger partial charge in [-0.1, -0.05) is 36.4 Å². The Bertz CT molecular complexity index is 755. The van der Waals surface area contributed by atoms with Crippen molar-refractivity contribution in [2.45, 2.75) is 32.4 Å². The summed E-state index contributed by atoms with van der Waals surface area (Å²) in [5.74, 6) is 1.22. The Morgan fingerprint density at radius 1 is 1.15 bits per heavy atom. The summed E-state index contributed by atoms with van der Waals surface area (Å²) in [7, 11) is 1.79. The molecule has 1 saturated heterocycles. The number of nitrogens with one attached hydrogen (secondary N) is 1. The van der Waals surface area contributed by atoms with E-state index < -0.39 is 0 Å². The Morgan fingerprint density at radius 3 is 2.56 bits per heavy atom. The quantitative estimate of drug-likeness (QED) is 0.628. The molecule has 0 aliphatic carbocycles. The lowest BCUT2D eigenvalue weighted by Gasteiger charge is -2.34. The summed E-state index contributed by atoms with van der Waals surface area (Å²) in [6.07, 6.45) is 3.45.